The topological polar surface area (TPSA) is 3.24 Å². The Balaban J connectivity index is 1.06. The fourth-order valence-corrected chi connectivity index (χ4v) is 14.7. The van der Waals surface area contributed by atoms with Gasteiger partial charge in [-0.1, -0.05) is 206 Å². The van der Waals surface area contributed by atoms with E-state index in [1.54, 1.807) is 0 Å². The van der Waals surface area contributed by atoms with Gasteiger partial charge in [0.1, 0.15) is 0 Å². The minimum Gasteiger partial charge on any atom is -0.309 e. The number of nitrogens with zero attached hydrogens (tertiary/aromatic N) is 1. The maximum absolute atomic E-state index is 2.59. The first-order chi connectivity index (χ1) is 28.3. The molecule has 0 saturated heterocycles. The molecule has 270 valence electrons. The summed E-state index contributed by atoms with van der Waals surface area (Å²) < 4.78 is 2.60. The number of fused-ring (bicyclic) bond motifs is 3. The van der Waals surface area contributed by atoms with Crippen LogP contribution in [0.25, 0.3) is 42.4 Å². The molecule has 1 heterocycles. The van der Waals surface area contributed by atoms with Crippen molar-refractivity contribution >= 4 is 77.4 Å². The Hall–Kier alpha value is -6.78. The van der Waals surface area contributed by atoms with E-state index in [1.807, 2.05) is 11.3 Å². The van der Waals surface area contributed by atoms with Crippen LogP contribution in [0.4, 0.5) is 17.1 Å². The van der Waals surface area contributed by atoms with Gasteiger partial charge in [0, 0.05) is 26.8 Å². The predicted molar refractivity (Wildman–Crippen MR) is 249 cm³/mol. The predicted octanol–water partition coefficient (Wildman–Crippen LogP) is 12.2. The highest BCUT2D eigenvalue weighted by Crippen LogP contribution is 2.47. The highest BCUT2D eigenvalue weighted by Gasteiger charge is 2.41. The van der Waals surface area contributed by atoms with Gasteiger partial charge in [-0.05, 0) is 73.3 Å². The molecule has 0 aliphatic heterocycles. The van der Waals surface area contributed by atoms with Crippen LogP contribution in [-0.2, 0) is 0 Å². The normalized spacial score (nSPS) is 11.5. The largest absolute Gasteiger partial charge is 0.309 e. The Morgan fingerprint density at radius 3 is 1.26 bits per heavy atom. The average molecular weight is 762 g/mol. The maximum Gasteiger partial charge on any atom is 0.179 e. The number of hydrogen-bond donors (Lipinski definition) is 0. The second kappa shape index (κ2) is 15.0. The average Bonchev–Trinajstić information content (AvgIpc) is 3.69. The number of hydrogen-bond acceptors (Lipinski definition) is 2. The quantitative estimate of drug-likeness (QED) is 0.105. The van der Waals surface area contributed by atoms with Crippen molar-refractivity contribution in [2.75, 3.05) is 4.90 Å². The van der Waals surface area contributed by atoms with Crippen LogP contribution in [0.15, 0.2) is 237 Å². The molecule has 0 bridgehead atoms. The first kappa shape index (κ1) is 34.7. The molecule has 10 aromatic rings. The van der Waals surface area contributed by atoms with Crippen LogP contribution in [0.1, 0.15) is 0 Å². The molecule has 0 atom stereocenters. The van der Waals surface area contributed by atoms with Crippen LogP contribution < -0.4 is 25.6 Å². The highest BCUT2D eigenvalue weighted by atomic mass is 32.1. The maximum atomic E-state index is 2.41. The van der Waals surface area contributed by atoms with Crippen molar-refractivity contribution in [3.8, 4) is 22.3 Å². The molecule has 3 heteroatoms. The number of thiophene rings is 1. The van der Waals surface area contributed by atoms with Gasteiger partial charge < -0.3 is 4.90 Å². The van der Waals surface area contributed by atoms with Crippen molar-refractivity contribution in [2.24, 2.45) is 0 Å². The molecule has 1 nitrogen and oxygen atoms in total. The van der Waals surface area contributed by atoms with E-state index >= 15 is 0 Å². The lowest BCUT2D eigenvalue weighted by atomic mass is 10.0. The van der Waals surface area contributed by atoms with Crippen LogP contribution in [0.2, 0.25) is 0 Å². The van der Waals surface area contributed by atoms with Gasteiger partial charge in [-0.3, -0.25) is 0 Å². The third-order valence-electron chi connectivity index (χ3n) is 11.2. The van der Waals surface area contributed by atoms with Crippen molar-refractivity contribution in [1.29, 1.82) is 0 Å². The van der Waals surface area contributed by atoms with Gasteiger partial charge in [-0.25, -0.2) is 0 Å². The molecule has 0 aliphatic rings. The monoisotopic (exact) mass is 761 g/mol. The molecule has 0 N–H and O–H groups in total. The van der Waals surface area contributed by atoms with Gasteiger partial charge in [0.05, 0.1) is 10.4 Å². The third kappa shape index (κ3) is 6.18. The fourth-order valence-electron chi connectivity index (χ4n) is 8.61. The van der Waals surface area contributed by atoms with Crippen LogP contribution in [0.5, 0.6) is 0 Å². The first-order valence-corrected chi connectivity index (χ1v) is 22.3. The molecule has 57 heavy (non-hydrogen) atoms. The van der Waals surface area contributed by atoms with Crippen LogP contribution in [0, 0.1) is 0 Å². The molecular weight excluding hydrogens is 723 g/mol. The van der Waals surface area contributed by atoms with Crippen LogP contribution in [0.3, 0.4) is 0 Å². The third-order valence-corrected chi connectivity index (χ3v) is 17.3. The van der Waals surface area contributed by atoms with Crippen LogP contribution >= 0.6 is 11.3 Å². The lowest BCUT2D eigenvalue weighted by Gasteiger charge is -2.34. The van der Waals surface area contributed by atoms with Gasteiger partial charge in [0.2, 0.25) is 0 Å². The number of para-hydroxylation sites is 1. The number of anilines is 3. The van der Waals surface area contributed by atoms with E-state index in [0.29, 0.717) is 0 Å². The van der Waals surface area contributed by atoms with Crippen molar-refractivity contribution in [3.63, 3.8) is 0 Å². The molecule has 0 fully saturated rings. The zero-order chi connectivity index (χ0) is 38.0. The Morgan fingerprint density at radius 1 is 0.298 bits per heavy atom. The summed E-state index contributed by atoms with van der Waals surface area (Å²) in [5, 5.41) is 8.09. The summed E-state index contributed by atoms with van der Waals surface area (Å²) in [7, 11) is -2.59. The Kier molecular flexibility index (Phi) is 9.15. The van der Waals surface area contributed by atoms with Crippen molar-refractivity contribution in [1.82, 2.24) is 0 Å². The summed E-state index contributed by atoms with van der Waals surface area (Å²) in [6.45, 7) is 0. The lowest BCUT2D eigenvalue weighted by molar-refractivity contribution is 1.30. The molecule has 0 amide bonds. The van der Waals surface area contributed by atoms with E-state index in [0.717, 1.165) is 11.4 Å². The van der Waals surface area contributed by atoms with Gasteiger partial charge in [0.25, 0.3) is 0 Å². The molecule has 0 unspecified atom stereocenters. The minimum atomic E-state index is -2.59. The minimum absolute atomic E-state index is 1.12. The number of rotatable bonds is 9. The molecule has 0 radical (unpaired) electrons. The van der Waals surface area contributed by atoms with E-state index in [2.05, 4.69) is 241 Å². The molecule has 9 aromatic carbocycles. The van der Waals surface area contributed by atoms with Gasteiger partial charge in [-0.15, -0.1) is 11.3 Å². The summed E-state index contributed by atoms with van der Waals surface area (Å²) in [6.07, 6.45) is 0. The molecule has 0 spiro atoms. The summed E-state index contributed by atoms with van der Waals surface area (Å²) in [5.74, 6) is 0. The highest BCUT2D eigenvalue weighted by molar-refractivity contribution is 7.27. The van der Waals surface area contributed by atoms with E-state index in [4.69, 9.17) is 0 Å². The Labute approximate surface area is 339 Å². The SMILES string of the molecule is c1ccc(-c2cccc3c2sc2c(N(c4ccccc4)c4ccc(-c5ccc([Si](c6ccccc6)(c6ccccc6)c6ccccc6)cc5)cc4)cccc23)cc1. The zero-order valence-electron chi connectivity index (χ0n) is 31.4. The van der Waals surface area contributed by atoms with Crippen molar-refractivity contribution in [2.45, 2.75) is 0 Å². The Bertz CT molecular complexity index is 2810. The van der Waals surface area contributed by atoms with Gasteiger partial charge >= 0.3 is 0 Å². The van der Waals surface area contributed by atoms with E-state index < -0.39 is 8.07 Å². The van der Waals surface area contributed by atoms with Crippen molar-refractivity contribution < 1.29 is 0 Å². The van der Waals surface area contributed by atoms with Gasteiger partial charge in [0.15, 0.2) is 8.07 Å². The lowest BCUT2D eigenvalue weighted by Crippen LogP contribution is -2.74. The van der Waals surface area contributed by atoms with Crippen molar-refractivity contribution in [3.05, 3.63) is 237 Å². The van der Waals surface area contributed by atoms with E-state index in [9.17, 15) is 0 Å². The number of benzene rings is 9. The standard InChI is InChI=1S/C54H39NSSi/c1-6-18-42(19-7-1)49-28-16-29-50-51-30-17-31-52(54(51)56-53(49)50)55(43-20-8-2-9-21-43)44-36-32-40(33-37-44)41-34-38-48(39-35-41)57(45-22-10-3-11-23-45,46-24-12-4-13-25-46)47-26-14-5-15-27-47/h1-39H. The van der Waals surface area contributed by atoms with E-state index in [1.165, 1.54) is 68.9 Å². The first-order valence-electron chi connectivity index (χ1n) is 19.5. The Morgan fingerprint density at radius 2 is 0.719 bits per heavy atom. The fraction of sp³-hybridized carbons (Fsp3) is 0. The van der Waals surface area contributed by atoms with Crippen LogP contribution in [-0.4, -0.2) is 8.07 Å². The summed E-state index contributed by atoms with van der Waals surface area (Å²) >= 11 is 1.89. The van der Waals surface area contributed by atoms with Gasteiger partial charge in [-0.2, -0.15) is 0 Å². The molecule has 1 aromatic heterocycles. The molecule has 0 aliphatic carbocycles. The second-order valence-electron chi connectivity index (χ2n) is 14.4. The zero-order valence-corrected chi connectivity index (χ0v) is 33.2. The summed E-state index contributed by atoms with van der Waals surface area (Å²) in [6, 6.07) is 86.8. The molecular formula is C54H39NSSi. The molecule has 0 saturated carbocycles. The molecule has 10 rings (SSSR count). The summed E-state index contributed by atoms with van der Waals surface area (Å²) in [5.41, 5.74) is 8.35. The second-order valence-corrected chi connectivity index (χ2v) is 19.3. The summed E-state index contributed by atoms with van der Waals surface area (Å²) in [4.78, 5) is 2.41. The van der Waals surface area contributed by atoms with E-state index in [-0.39, 0.29) is 0 Å². The smallest absolute Gasteiger partial charge is 0.179 e.